The number of rotatable bonds is 5. The summed E-state index contributed by atoms with van der Waals surface area (Å²) in [5.74, 6) is -0.837. The number of aliphatic carboxylic acids is 1. The molecule has 0 aliphatic carbocycles. The first-order chi connectivity index (χ1) is 9.73. The van der Waals surface area contributed by atoms with Crippen molar-refractivity contribution in [2.45, 2.75) is 58.6 Å². The van der Waals surface area contributed by atoms with Crippen molar-refractivity contribution in [3.63, 3.8) is 0 Å². The predicted molar refractivity (Wildman–Crippen MR) is 80.3 cm³/mol. The van der Waals surface area contributed by atoms with Crippen molar-refractivity contribution >= 4 is 12.1 Å². The molecule has 6 nitrogen and oxygen atoms in total. The quantitative estimate of drug-likeness (QED) is 0.842. The number of amides is 1. The Labute approximate surface area is 127 Å². The van der Waals surface area contributed by atoms with Gasteiger partial charge in [-0.15, -0.1) is 0 Å². The van der Waals surface area contributed by atoms with Crippen LogP contribution in [0.4, 0.5) is 4.79 Å². The minimum atomic E-state index is -0.837. The zero-order chi connectivity index (χ0) is 16.0. The second-order valence-corrected chi connectivity index (χ2v) is 6.54. The molecule has 122 valence electrons. The standard InChI is InChI=1S/C15H28N2O4/c1-5-16(11-13(18)19)10-12-8-6-7-9-17(12)14(20)21-15(2,3)4/h12H,5-11H2,1-4H3,(H,18,19)/t12-/m0/s1. The molecule has 1 rings (SSSR count). The van der Waals surface area contributed by atoms with Crippen molar-refractivity contribution in [3.8, 4) is 0 Å². The molecule has 6 heteroatoms. The SMILES string of the molecule is CCN(CC(=O)O)C[C@@H]1CCCCN1C(=O)OC(C)(C)C. The van der Waals surface area contributed by atoms with Gasteiger partial charge in [0.1, 0.15) is 5.60 Å². The van der Waals surface area contributed by atoms with E-state index in [4.69, 9.17) is 9.84 Å². The van der Waals surface area contributed by atoms with Crippen LogP contribution in [0.5, 0.6) is 0 Å². The van der Waals surface area contributed by atoms with E-state index >= 15 is 0 Å². The van der Waals surface area contributed by atoms with Gasteiger partial charge in [-0.3, -0.25) is 9.69 Å². The first kappa shape index (κ1) is 17.8. The summed E-state index contributed by atoms with van der Waals surface area (Å²) in [6.07, 6.45) is 2.64. The zero-order valence-electron chi connectivity index (χ0n) is 13.6. The van der Waals surface area contributed by atoms with E-state index in [1.165, 1.54) is 0 Å². The molecule has 1 saturated heterocycles. The smallest absolute Gasteiger partial charge is 0.410 e. The summed E-state index contributed by atoms with van der Waals surface area (Å²) in [6, 6.07) is 0.0351. The molecule has 1 heterocycles. The van der Waals surface area contributed by atoms with Gasteiger partial charge in [-0.2, -0.15) is 0 Å². The van der Waals surface area contributed by atoms with Gasteiger partial charge in [0.05, 0.1) is 6.54 Å². The number of carboxylic acids is 1. The van der Waals surface area contributed by atoms with Gasteiger partial charge in [0.2, 0.25) is 0 Å². The molecule has 1 aliphatic rings. The van der Waals surface area contributed by atoms with Crippen LogP contribution in [0.2, 0.25) is 0 Å². The Balaban J connectivity index is 2.68. The third kappa shape index (κ3) is 6.33. The highest BCUT2D eigenvalue weighted by Gasteiger charge is 2.31. The van der Waals surface area contributed by atoms with Crippen LogP contribution >= 0.6 is 0 Å². The van der Waals surface area contributed by atoms with E-state index in [1.54, 1.807) is 4.90 Å². The summed E-state index contributed by atoms with van der Waals surface area (Å²) >= 11 is 0. The minimum Gasteiger partial charge on any atom is -0.480 e. The Morgan fingerprint density at radius 3 is 2.52 bits per heavy atom. The summed E-state index contributed by atoms with van der Waals surface area (Å²) in [5.41, 5.74) is -0.509. The summed E-state index contributed by atoms with van der Waals surface area (Å²) in [7, 11) is 0. The summed E-state index contributed by atoms with van der Waals surface area (Å²) in [6.45, 7) is 9.43. The van der Waals surface area contributed by atoms with Gasteiger partial charge in [0.15, 0.2) is 0 Å². The number of hydrogen-bond acceptors (Lipinski definition) is 4. The lowest BCUT2D eigenvalue weighted by Crippen LogP contribution is -2.51. The van der Waals surface area contributed by atoms with Crippen LogP contribution < -0.4 is 0 Å². The summed E-state index contributed by atoms with van der Waals surface area (Å²) in [4.78, 5) is 26.8. The fourth-order valence-corrected chi connectivity index (χ4v) is 2.55. The van der Waals surface area contributed by atoms with Gasteiger partial charge in [-0.1, -0.05) is 6.92 Å². The van der Waals surface area contributed by atoms with Gasteiger partial charge in [-0.25, -0.2) is 4.79 Å². The van der Waals surface area contributed by atoms with Crippen LogP contribution in [0.3, 0.4) is 0 Å². The van der Waals surface area contributed by atoms with Crippen LogP contribution in [0.25, 0.3) is 0 Å². The lowest BCUT2D eigenvalue weighted by Gasteiger charge is -2.38. The van der Waals surface area contributed by atoms with E-state index in [2.05, 4.69) is 0 Å². The lowest BCUT2D eigenvalue weighted by molar-refractivity contribution is -0.138. The molecule has 1 N–H and O–H groups in total. The van der Waals surface area contributed by atoms with Crippen LogP contribution in [0.1, 0.15) is 47.0 Å². The van der Waals surface area contributed by atoms with E-state index in [-0.39, 0.29) is 18.7 Å². The normalized spacial score (nSPS) is 19.7. The average Bonchev–Trinajstić information content (AvgIpc) is 2.35. The molecule has 1 atom stereocenters. The second-order valence-electron chi connectivity index (χ2n) is 6.54. The van der Waals surface area contributed by atoms with E-state index in [0.717, 1.165) is 19.3 Å². The molecule has 0 unspecified atom stereocenters. The van der Waals surface area contributed by atoms with Crippen molar-refractivity contribution in [1.82, 2.24) is 9.80 Å². The van der Waals surface area contributed by atoms with E-state index in [0.29, 0.717) is 19.6 Å². The number of hydrogen-bond donors (Lipinski definition) is 1. The molecule has 0 bridgehead atoms. The Hall–Kier alpha value is -1.30. The number of carbonyl (C=O) groups is 2. The maximum Gasteiger partial charge on any atom is 0.410 e. The monoisotopic (exact) mass is 300 g/mol. The molecule has 0 aromatic heterocycles. The average molecular weight is 300 g/mol. The molecule has 0 radical (unpaired) electrons. The van der Waals surface area contributed by atoms with Gasteiger partial charge in [-0.05, 0) is 46.6 Å². The number of likely N-dealkylation sites (N-methyl/N-ethyl adjacent to an activating group) is 1. The molecule has 0 spiro atoms. The maximum atomic E-state index is 12.3. The molecule has 0 aromatic rings. The molecule has 1 aliphatic heterocycles. The van der Waals surface area contributed by atoms with E-state index < -0.39 is 11.6 Å². The van der Waals surface area contributed by atoms with Gasteiger partial charge in [0, 0.05) is 19.1 Å². The Bertz CT molecular complexity index is 365. The van der Waals surface area contributed by atoms with Crippen molar-refractivity contribution in [2.24, 2.45) is 0 Å². The zero-order valence-corrected chi connectivity index (χ0v) is 13.6. The summed E-state index contributed by atoms with van der Waals surface area (Å²) in [5, 5.41) is 8.93. The highest BCUT2D eigenvalue weighted by molar-refractivity contribution is 5.69. The van der Waals surface area contributed by atoms with Crippen LogP contribution in [-0.4, -0.2) is 64.8 Å². The Morgan fingerprint density at radius 1 is 1.33 bits per heavy atom. The number of nitrogens with zero attached hydrogens (tertiary/aromatic N) is 2. The third-order valence-corrected chi connectivity index (χ3v) is 3.53. The topological polar surface area (TPSA) is 70.1 Å². The molecule has 21 heavy (non-hydrogen) atoms. The number of likely N-dealkylation sites (tertiary alicyclic amines) is 1. The maximum absolute atomic E-state index is 12.3. The van der Waals surface area contributed by atoms with Crippen molar-refractivity contribution in [1.29, 1.82) is 0 Å². The molecular formula is C15H28N2O4. The molecule has 0 saturated carbocycles. The number of carboxylic acid groups (broad SMARTS) is 1. The largest absolute Gasteiger partial charge is 0.480 e. The number of ether oxygens (including phenoxy) is 1. The van der Waals surface area contributed by atoms with Crippen LogP contribution in [0, 0.1) is 0 Å². The fraction of sp³-hybridized carbons (Fsp3) is 0.867. The van der Waals surface area contributed by atoms with Crippen LogP contribution in [0.15, 0.2) is 0 Å². The van der Waals surface area contributed by atoms with E-state index in [1.807, 2.05) is 32.6 Å². The second kappa shape index (κ2) is 7.64. The van der Waals surface area contributed by atoms with Crippen molar-refractivity contribution in [2.75, 3.05) is 26.2 Å². The summed E-state index contributed by atoms with van der Waals surface area (Å²) < 4.78 is 5.46. The fourth-order valence-electron chi connectivity index (χ4n) is 2.55. The molecule has 0 aromatic carbocycles. The first-order valence-electron chi connectivity index (χ1n) is 7.66. The van der Waals surface area contributed by atoms with E-state index in [9.17, 15) is 9.59 Å². The first-order valence-corrected chi connectivity index (χ1v) is 7.66. The number of piperidine rings is 1. The highest BCUT2D eigenvalue weighted by atomic mass is 16.6. The lowest BCUT2D eigenvalue weighted by atomic mass is 10.0. The van der Waals surface area contributed by atoms with Gasteiger partial charge < -0.3 is 14.7 Å². The molecule has 1 fully saturated rings. The minimum absolute atomic E-state index is 0.00909. The van der Waals surface area contributed by atoms with Crippen molar-refractivity contribution < 1.29 is 19.4 Å². The third-order valence-electron chi connectivity index (χ3n) is 3.53. The van der Waals surface area contributed by atoms with Crippen molar-refractivity contribution in [3.05, 3.63) is 0 Å². The Kier molecular flexibility index (Phi) is 6.45. The van der Waals surface area contributed by atoms with Gasteiger partial charge in [0.25, 0.3) is 0 Å². The predicted octanol–water partition coefficient (Wildman–Crippen LogP) is 2.18. The number of carbonyl (C=O) groups excluding carboxylic acids is 1. The molecular weight excluding hydrogens is 272 g/mol. The van der Waals surface area contributed by atoms with Gasteiger partial charge >= 0.3 is 12.1 Å². The molecule has 1 amide bonds. The highest BCUT2D eigenvalue weighted by Crippen LogP contribution is 2.21. The Morgan fingerprint density at radius 2 is 2.00 bits per heavy atom. The van der Waals surface area contributed by atoms with Crippen LogP contribution in [-0.2, 0) is 9.53 Å².